The third-order valence-corrected chi connectivity index (χ3v) is 3.37. The number of fused-ring (bicyclic) bond motifs is 2. The number of ketones is 1. The van der Waals surface area contributed by atoms with Gasteiger partial charge in [0.25, 0.3) is 5.91 Å². The third-order valence-electron chi connectivity index (χ3n) is 3.37. The number of hydrogen-bond acceptors (Lipinski definition) is 3. The molecule has 1 unspecified atom stereocenters. The Hall–Kier alpha value is -2.10. The molecule has 0 N–H and O–H groups in total. The first-order chi connectivity index (χ1) is 8.06. The van der Waals surface area contributed by atoms with E-state index in [1.807, 2.05) is 24.3 Å². The predicted molar refractivity (Wildman–Crippen MR) is 61.4 cm³/mol. The Bertz CT molecular complexity index is 546. The van der Waals surface area contributed by atoms with Gasteiger partial charge in [-0.2, -0.15) is 0 Å². The molecule has 1 saturated heterocycles. The molecule has 1 aromatic carbocycles. The van der Waals surface area contributed by atoms with Crippen LogP contribution in [-0.2, 0) is 19.9 Å². The number of likely N-dealkylation sites (N-methyl/N-ethyl adjacent to an activating group) is 1. The number of anilines is 1. The van der Waals surface area contributed by atoms with E-state index in [2.05, 4.69) is 6.58 Å². The Morgan fingerprint density at radius 2 is 2.06 bits per heavy atom. The van der Waals surface area contributed by atoms with Gasteiger partial charge < -0.3 is 9.64 Å². The van der Waals surface area contributed by atoms with Gasteiger partial charge in [0, 0.05) is 12.6 Å². The summed E-state index contributed by atoms with van der Waals surface area (Å²) >= 11 is 0. The van der Waals surface area contributed by atoms with E-state index in [0.29, 0.717) is 0 Å². The number of carbonyl (C=O) groups is 2. The summed E-state index contributed by atoms with van der Waals surface area (Å²) < 4.78 is 5.50. The second-order valence-corrected chi connectivity index (χ2v) is 4.33. The highest BCUT2D eigenvalue weighted by atomic mass is 16.5. The fourth-order valence-electron chi connectivity index (χ4n) is 2.50. The molecule has 2 heterocycles. The summed E-state index contributed by atoms with van der Waals surface area (Å²) in [4.78, 5) is 25.4. The number of rotatable bonds is 0. The summed E-state index contributed by atoms with van der Waals surface area (Å²) in [5.74, 6) is -0.336. The lowest BCUT2D eigenvalue weighted by Gasteiger charge is -2.20. The molecule has 2 aliphatic heterocycles. The fraction of sp³-hybridized carbons (Fsp3) is 0.231. The Morgan fingerprint density at radius 1 is 1.35 bits per heavy atom. The van der Waals surface area contributed by atoms with Crippen LogP contribution >= 0.6 is 0 Å². The lowest BCUT2D eigenvalue weighted by molar-refractivity contribution is -0.135. The molecule has 0 saturated carbocycles. The highest BCUT2D eigenvalue weighted by Crippen LogP contribution is 2.48. The van der Waals surface area contributed by atoms with Crippen LogP contribution in [0, 0.1) is 0 Å². The summed E-state index contributed by atoms with van der Waals surface area (Å²) in [6.45, 7) is 3.54. The number of ether oxygens (including phenoxy) is 1. The average Bonchev–Trinajstić information content (AvgIpc) is 2.73. The minimum Gasteiger partial charge on any atom is -0.469 e. The van der Waals surface area contributed by atoms with E-state index in [4.69, 9.17) is 4.74 Å². The van der Waals surface area contributed by atoms with Crippen LogP contribution < -0.4 is 4.90 Å². The average molecular weight is 229 g/mol. The molecule has 2 aliphatic rings. The Kier molecular flexibility index (Phi) is 1.76. The molecular formula is C13H11NO3. The maximum Gasteiger partial charge on any atom is 0.276 e. The van der Waals surface area contributed by atoms with Crippen molar-refractivity contribution in [2.24, 2.45) is 0 Å². The van der Waals surface area contributed by atoms with Crippen molar-refractivity contribution in [2.45, 2.75) is 12.0 Å². The van der Waals surface area contributed by atoms with Crippen molar-refractivity contribution in [2.75, 3.05) is 11.9 Å². The molecule has 4 nitrogen and oxygen atoms in total. The minimum atomic E-state index is -1.17. The van der Waals surface area contributed by atoms with Crippen LogP contribution in [0.5, 0.6) is 0 Å². The fourth-order valence-corrected chi connectivity index (χ4v) is 2.50. The molecule has 1 fully saturated rings. The zero-order chi connectivity index (χ0) is 12.2. The Labute approximate surface area is 98.5 Å². The highest BCUT2D eigenvalue weighted by Gasteiger charge is 2.57. The van der Waals surface area contributed by atoms with Gasteiger partial charge in [-0.25, -0.2) is 0 Å². The maximum atomic E-state index is 12.3. The van der Waals surface area contributed by atoms with Gasteiger partial charge in [-0.3, -0.25) is 9.59 Å². The normalized spacial score (nSPS) is 26.6. The zero-order valence-electron chi connectivity index (χ0n) is 9.40. The highest BCUT2D eigenvalue weighted by molar-refractivity contribution is 6.12. The summed E-state index contributed by atoms with van der Waals surface area (Å²) in [5, 5.41) is 0. The van der Waals surface area contributed by atoms with Crippen LogP contribution in [0.25, 0.3) is 0 Å². The number of hydrogen-bond donors (Lipinski definition) is 0. The van der Waals surface area contributed by atoms with Crippen LogP contribution in [0.1, 0.15) is 12.0 Å². The molecule has 1 amide bonds. The monoisotopic (exact) mass is 229 g/mol. The zero-order valence-corrected chi connectivity index (χ0v) is 9.40. The minimum absolute atomic E-state index is 0.0476. The molecule has 0 radical (unpaired) electrons. The maximum absolute atomic E-state index is 12.3. The lowest BCUT2D eigenvalue weighted by Crippen LogP contribution is -2.38. The van der Waals surface area contributed by atoms with Crippen LogP contribution in [0.2, 0.25) is 0 Å². The predicted octanol–water partition coefficient (Wildman–Crippen LogP) is 1.36. The Balaban J connectivity index is 2.23. The van der Waals surface area contributed by atoms with Crippen LogP contribution in [0.15, 0.2) is 36.6 Å². The number of benzene rings is 1. The van der Waals surface area contributed by atoms with Gasteiger partial charge in [0.1, 0.15) is 0 Å². The number of Topliss-reactive ketones (excluding diaryl/α,β-unsaturated/α-hetero) is 1. The topological polar surface area (TPSA) is 46.6 Å². The quantitative estimate of drug-likeness (QED) is 0.631. The molecule has 4 heteroatoms. The largest absolute Gasteiger partial charge is 0.469 e. The molecule has 17 heavy (non-hydrogen) atoms. The molecule has 3 rings (SSSR count). The van der Waals surface area contributed by atoms with Gasteiger partial charge in [0.15, 0.2) is 5.76 Å². The Morgan fingerprint density at radius 3 is 2.71 bits per heavy atom. The molecule has 1 spiro atoms. The van der Waals surface area contributed by atoms with Crippen molar-refractivity contribution >= 4 is 17.4 Å². The van der Waals surface area contributed by atoms with Crippen molar-refractivity contribution < 1.29 is 14.3 Å². The summed E-state index contributed by atoms with van der Waals surface area (Å²) in [5.41, 5.74) is 0.374. The molecule has 0 bridgehead atoms. The molecule has 86 valence electrons. The van der Waals surface area contributed by atoms with Gasteiger partial charge in [-0.05, 0) is 6.07 Å². The van der Waals surface area contributed by atoms with Gasteiger partial charge >= 0.3 is 0 Å². The summed E-state index contributed by atoms with van der Waals surface area (Å²) in [7, 11) is 1.69. The van der Waals surface area contributed by atoms with E-state index in [0.717, 1.165) is 11.3 Å². The standard InChI is InChI=1S/C13H11NO3/c1-8-11(15)7-13(17-8)9-5-3-4-6-10(9)14(2)12(13)16/h3-6H,1,7H2,2H3. The van der Waals surface area contributed by atoms with Gasteiger partial charge in [0.2, 0.25) is 11.4 Å². The number of para-hydroxylation sites is 1. The summed E-state index contributed by atoms with van der Waals surface area (Å²) in [6, 6.07) is 7.36. The van der Waals surface area contributed by atoms with Gasteiger partial charge in [-0.15, -0.1) is 0 Å². The van der Waals surface area contributed by atoms with E-state index in [1.54, 1.807) is 7.05 Å². The number of allylic oxidation sites excluding steroid dienone is 1. The smallest absolute Gasteiger partial charge is 0.276 e. The van der Waals surface area contributed by atoms with Crippen molar-refractivity contribution in [3.63, 3.8) is 0 Å². The van der Waals surface area contributed by atoms with E-state index in [-0.39, 0.29) is 23.9 Å². The van der Waals surface area contributed by atoms with Gasteiger partial charge in [-0.1, -0.05) is 24.8 Å². The molecule has 0 aromatic heterocycles. The molecule has 0 aliphatic carbocycles. The van der Waals surface area contributed by atoms with Crippen molar-refractivity contribution in [1.29, 1.82) is 0 Å². The van der Waals surface area contributed by atoms with Crippen molar-refractivity contribution in [3.8, 4) is 0 Å². The van der Waals surface area contributed by atoms with E-state index in [9.17, 15) is 9.59 Å². The van der Waals surface area contributed by atoms with E-state index in [1.165, 1.54) is 4.90 Å². The molecule has 1 aromatic rings. The first-order valence-electron chi connectivity index (χ1n) is 5.35. The lowest BCUT2D eigenvalue weighted by atomic mass is 9.92. The van der Waals surface area contributed by atoms with E-state index < -0.39 is 5.60 Å². The summed E-state index contributed by atoms with van der Waals surface area (Å²) in [6.07, 6.45) is 0.0476. The third kappa shape index (κ3) is 1.07. The molecular weight excluding hydrogens is 218 g/mol. The van der Waals surface area contributed by atoms with Crippen LogP contribution in [0.3, 0.4) is 0 Å². The molecule has 1 atom stereocenters. The SMILES string of the molecule is C=C1OC2(CC1=O)C(=O)N(C)c1ccccc12. The second kappa shape index (κ2) is 2.97. The first-order valence-corrected chi connectivity index (χ1v) is 5.35. The number of nitrogens with zero attached hydrogens (tertiary/aromatic N) is 1. The van der Waals surface area contributed by atoms with Crippen molar-refractivity contribution in [3.05, 3.63) is 42.2 Å². The first kappa shape index (κ1) is 10.1. The van der Waals surface area contributed by atoms with Crippen molar-refractivity contribution in [1.82, 2.24) is 0 Å². The van der Waals surface area contributed by atoms with Gasteiger partial charge in [0.05, 0.1) is 12.1 Å². The number of carbonyl (C=O) groups excluding carboxylic acids is 2. The van der Waals surface area contributed by atoms with E-state index >= 15 is 0 Å². The van der Waals surface area contributed by atoms with Crippen LogP contribution in [0.4, 0.5) is 5.69 Å². The van der Waals surface area contributed by atoms with Crippen LogP contribution in [-0.4, -0.2) is 18.7 Å². The number of amides is 1. The second-order valence-electron chi connectivity index (χ2n) is 4.33.